The number of hydrogen-bond acceptors (Lipinski definition) is 5. The van der Waals surface area contributed by atoms with Crippen molar-refractivity contribution in [1.29, 1.82) is 0 Å². The number of nitrogens with two attached hydrogens (primary N) is 1. The first kappa shape index (κ1) is 24.1. The first-order valence-electron chi connectivity index (χ1n) is 11.5. The SMILES string of the molecule is Cn1c(=O)oc2ccc(-c3ccc(CC(NC(=O)C4(NC(=O)O)CCCCC4)C(N)=O)cc3)cc21. The molecule has 3 amide bonds. The predicted octanol–water partition coefficient (Wildman–Crippen LogP) is 2.28. The Kier molecular flexibility index (Phi) is 6.63. The molecule has 0 spiro atoms. The van der Waals surface area contributed by atoms with Crippen LogP contribution >= 0.6 is 0 Å². The summed E-state index contributed by atoms with van der Waals surface area (Å²) >= 11 is 0. The lowest BCUT2D eigenvalue weighted by atomic mass is 9.80. The second kappa shape index (κ2) is 9.65. The van der Waals surface area contributed by atoms with Gasteiger partial charge in [0.15, 0.2) is 5.58 Å². The molecule has 184 valence electrons. The van der Waals surface area contributed by atoms with E-state index in [1.807, 2.05) is 36.4 Å². The Labute approximate surface area is 201 Å². The standard InChI is InChI=1S/C25H28N4O6/c1-29-19-14-17(9-10-20(19)35-24(29)34)16-7-5-15(6-8-16)13-18(21(26)30)27-22(31)25(28-23(32)33)11-3-2-4-12-25/h5-10,14,18,28H,2-4,11-13H2,1H3,(H2,26,30)(H,27,31)(H,32,33). The number of hydrogen-bond donors (Lipinski definition) is 4. The molecule has 1 aliphatic carbocycles. The maximum Gasteiger partial charge on any atom is 0.419 e. The smallest absolute Gasteiger partial charge is 0.419 e. The first-order valence-corrected chi connectivity index (χ1v) is 11.5. The van der Waals surface area contributed by atoms with E-state index in [0.717, 1.165) is 36.0 Å². The van der Waals surface area contributed by atoms with Crippen LogP contribution in [0.1, 0.15) is 37.7 Å². The highest BCUT2D eigenvalue weighted by Crippen LogP contribution is 2.29. The topological polar surface area (TPSA) is 157 Å². The zero-order chi connectivity index (χ0) is 25.2. The summed E-state index contributed by atoms with van der Waals surface area (Å²) < 4.78 is 6.61. The fourth-order valence-electron chi connectivity index (χ4n) is 4.66. The van der Waals surface area contributed by atoms with E-state index in [9.17, 15) is 24.3 Å². The fourth-order valence-corrected chi connectivity index (χ4v) is 4.66. The highest BCUT2D eigenvalue weighted by atomic mass is 16.4. The van der Waals surface area contributed by atoms with E-state index >= 15 is 0 Å². The lowest BCUT2D eigenvalue weighted by Gasteiger charge is -2.36. The molecule has 5 N–H and O–H groups in total. The molecule has 10 heteroatoms. The molecule has 0 bridgehead atoms. The second-order valence-corrected chi connectivity index (χ2v) is 9.01. The van der Waals surface area contributed by atoms with E-state index in [4.69, 9.17) is 10.2 Å². The molecule has 0 radical (unpaired) electrons. The number of fused-ring (bicyclic) bond motifs is 1. The quantitative estimate of drug-likeness (QED) is 0.406. The molecule has 4 rings (SSSR count). The number of primary amides is 1. The van der Waals surface area contributed by atoms with Gasteiger partial charge in [0.1, 0.15) is 11.6 Å². The summed E-state index contributed by atoms with van der Waals surface area (Å²) in [6.07, 6.45) is 1.99. The summed E-state index contributed by atoms with van der Waals surface area (Å²) in [5.74, 6) is -1.66. The summed E-state index contributed by atoms with van der Waals surface area (Å²) in [5, 5.41) is 14.3. The van der Waals surface area contributed by atoms with Gasteiger partial charge in [0.25, 0.3) is 0 Å². The second-order valence-electron chi connectivity index (χ2n) is 9.01. The third kappa shape index (κ3) is 5.06. The average molecular weight is 481 g/mol. The molecule has 0 aliphatic heterocycles. The number of carboxylic acid groups (broad SMARTS) is 1. The molecular weight excluding hydrogens is 452 g/mol. The number of aryl methyl sites for hydroxylation is 1. The van der Waals surface area contributed by atoms with Crippen molar-refractivity contribution in [3.05, 3.63) is 58.6 Å². The van der Waals surface area contributed by atoms with Gasteiger partial charge in [-0.3, -0.25) is 14.2 Å². The number of rotatable bonds is 7. The number of nitrogens with zero attached hydrogens (tertiary/aromatic N) is 1. The highest BCUT2D eigenvalue weighted by molar-refractivity contribution is 5.93. The number of amides is 3. The monoisotopic (exact) mass is 480 g/mol. The van der Waals surface area contributed by atoms with Crippen LogP contribution in [-0.2, 0) is 23.1 Å². The third-order valence-corrected chi connectivity index (χ3v) is 6.66. The van der Waals surface area contributed by atoms with Gasteiger partial charge in [-0.15, -0.1) is 0 Å². The largest absolute Gasteiger partial charge is 0.465 e. The van der Waals surface area contributed by atoms with Crippen molar-refractivity contribution < 1.29 is 23.9 Å². The van der Waals surface area contributed by atoms with Crippen LogP contribution in [0.5, 0.6) is 0 Å². The van der Waals surface area contributed by atoms with Gasteiger partial charge in [0.2, 0.25) is 11.8 Å². The molecule has 3 aromatic rings. The van der Waals surface area contributed by atoms with Crippen molar-refractivity contribution in [1.82, 2.24) is 15.2 Å². The van der Waals surface area contributed by atoms with Crippen LogP contribution in [0, 0.1) is 0 Å². The third-order valence-electron chi connectivity index (χ3n) is 6.66. The van der Waals surface area contributed by atoms with Crippen molar-refractivity contribution in [3.8, 4) is 11.1 Å². The Balaban J connectivity index is 1.50. The Morgan fingerprint density at radius 3 is 2.37 bits per heavy atom. The van der Waals surface area contributed by atoms with Crippen LogP contribution in [0.4, 0.5) is 4.79 Å². The minimum Gasteiger partial charge on any atom is -0.465 e. The van der Waals surface area contributed by atoms with Gasteiger partial charge >= 0.3 is 11.8 Å². The van der Waals surface area contributed by atoms with Gasteiger partial charge < -0.3 is 25.9 Å². The minimum absolute atomic E-state index is 0.166. The number of carbonyl (C=O) groups excluding carboxylic acids is 2. The average Bonchev–Trinajstić information content (AvgIpc) is 3.12. The van der Waals surface area contributed by atoms with Crippen LogP contribution in [0.3, 0.4) is 0 Å². The molecule has 1 unspecified atom stereocenters. The number of carbonyl (C=O) groups is 3. The fraction of sp³-hybridized carbons (Fsp3) is 0.360. The van der Waals surface area contributed by atoms with E-state index in [1.54, 1.807) is 13.1 Å². The van der Waals surface area contributed by atoms with Crippen molar-refractivity contribution in [3.63, 3.8) is 0 Å². The number of benzene rings is 2. The van der Waals surface area contributed by atoms with Crippen molar-refractivity contribution in [2.24, 2.45) is 12.8 Å². The van der Waals surface area contributed by atoms with E-state index in [0.29, 0.717) is 23.9 Å². The Bertz CT molecular complexity index is 1320. The first-order chi connectivity index (χ1) is 16.7. The van der Waals surface area contributed by atoms with Crippen molar-refractivity contribution in [2.45, 2.75) is 50.1 Å². The van der Waals surface area contributed by atoms with Gasteiger partial charge in [-0.2, -0.15) is 0 Å². The number of aromatic nitrogens is 1. The maximum absolute atomic E-state index is 13.1. The number of oxazole rings is 1. The molecule has 1 saturated carbocycles. The van der Waals surface area contributed by atoms with Gasteiger partial charge in [-0.1, -0.05) is 49.6 Å². The summed E-state index contributed by atoms with van der Waals surface area (Å²) in [6.45, 7) is 0. The Hall–Kier alpha value is -4.08. The zero-order valence-corrected chi connectivity index (χ0v) is 19.4. The van der Waals surface area contributed by atoms with Gasteiger partial charge in [0, 0.05) is 13.5 Å². The minimum atomic E-state index is -1.28. The van der Waals surface area contributed by atoms with Crippen LogP contribution < -0.4 is 22.1 Å². The molecule has 1 heterocycles. The molecule has 1 fully saturated rings. The van der Waals surface area contributed by atoms with E-state index in [2.05, 4.69) is 10.6 Å². The van der Waals surface area contributed by atoms with Crippen LogP contribution in [-0.4, -0.2) is 39.2 Å². The zero-order valence-electron chi connectivity index (χ0n) is 19.4. The van der Waals surface area contributed by atoms with Crippen LogP contribution in [0.2, 0.25) is 0 Å². The maximum atomic E-state index is 13.1. The summed E-state index contributed by atoms with van der Waals surface area (Å²) in [7, 11) is 1.64. The van der Waals surface area contributed by atoms with E-state index in [1.165, 1.54) is 4.57 Å². The molecule has 2 aromatic carbocycles. The summed E-state index contributed by atoms with van der Waals surface area (Å²) in [6, 6.07) is 11.9. The predicted molar refractivity (Wildman–Crippen MR) is 129 cm³/mol. The molecule has 1 aliphatic rings. The summed E-state index contributed by atoms with van der Waals surface area (Å²) in [5.41, 5.74) is 8.06. The molecule has 35 heavy (non-hydrogen) atoms. The van der Waals surface area contributed by atoms with Crippen molar-refractivity contribution in [2.75, 3.05) is 0 Å². The van der Waals surface area contributed by atoms with Gasteiger partial charge in [-0.05, 0) is 41.7 Å². The van der Waals surface area contributed by atoms with Crippen LogP contribution in [0.25, 0.3) is 22.2 Å². The lowest BCUT2D eigenvalue weighted by Crippen LogP contribution is -2.62. The molecule has 0 saturated heterocycles. The Morgan fingerprint density at radius 1 is 1.09 bits per heavy atom. The van der Waals surface area contributed by atoms with Crippen molar-refractivity contribution >= 4 is 29.0 Å². The normalized spacial score (nSPS) is 15.9. The van der Waals surface area contributed by atoms with Gasteiger partial charge in [0.05, 0.1) is 5.52 Å². The molecular formula is C25H28N4O6. The van der Waals surface area contributed by atoms with Gasteiger partial charge in [-0.25, -0.2) is 9.59 Å². The van der Waals surface area contributed by atoms with E-state index in [-0.39, 0.29) is 6.42 Å². The van der Waals surface area contributed by atoms with Crippen LogP contribution in [0.15, 0.2) is 51.7 Å². The van der Waals surface area contributed by atoms with E-state index < -0.39 is 35.2 Å². The Morgan fingerprint density at radius 2 is 1.74 bits per heavy atom. The molecule has 10 nitrogen and oxygen atoms in total. The highest BCUT2D eigenvalue weighted by Gasteiger charge is 2.42. The lowest BCUT2D eigenvalue weighted by molar-refractivity contribution is -0.132. The molecule has 1 atom stereocenters. The molecule has 1 aromatic heterocycles. The number of nitrogens with one attached hydrogen (secondary N) is 2. The summed E-state index contributed by atoms with van der Waals surface area (Å²) in [4.78, 5) is 48.2.